The molecule has 1 aromatic heterocycles. The molecule has 56 valence electrons. The summed E-state index contributed by atoms with van der Waals surface area (Å²) >= 11 is 0. The smallest absolute Gasteiger partial charge is 0.260 e. The SMILES string of the molecule is NC(c1ncn[nH]1)C(F)F. The van der Waals surface area contributed by atoms with Crippen LogP contribution in [0.2, 0.25) is 0 Å². The molecule has 10 heavy (non-hydrogen) atoms. The van der Waals surface area contributed by atoms with Crippen LogP contribution in [-0.4, -0.2) is 21.6 Å². The lowest BCUT2D eigenvalue weighted by Crippen LogP contribution is -2.20. The van der Waals surface area contributed by atoms with Gasteiger partial charge >= 0.3 is 0 Å². The number of hydrogen-bond donors (Lipinski definition) is 2. The van der Waals surface area contributed by atoms with Crippen LogP contribution >= 0.6 is 0 Å². The highest BCUT2D eigenvalue weighted by Crippen LogP contribution is 2.11. The Morgan fingerprint density at radius 2 is 2.30 bits per heavy atom. The number of halogens is 2. The van der Waals surface area contributed by atoms with Crippen LogP contribution in [0.3, 0.4) is 0 Å². The van der Waals surface area contributed by atoms with Gasteiger partial charge in [-0.05, 0) is 0 Å². The number of aromatic amines is 1. The highest BCUT2D eigenvalue weighted by molar-refractivity contribution is 4.90. The molecule has 0 saturated carbocycles. The van der Waals surface area contributed by atoms with Crippen molar-refractivity contribution < 1.29 is 8.78 Å². The highest BCUT2D eigenvalue weighted by atomic mass is 19.3. The van der Waals surface area contributed by atoms with Gasteiger partial charge < -0.3 is 5.73 Å². The molecule has 0 amide bonds. The van der Waals surface area contributed by atoms with Crippen LogP contribution in [-0.2, 0) is 0 Å². The lowest BCUT2D eigenvalue weighted by molar-refractivity contribution is 0.113. The van der Waals surface area contributed by atoms with Crippen molar-refractivity contribution in [3.05, 3.63) is 12.2 Å². The fourth-order valence-electron chi connectivity index (χ4n) is 0.495. The Balaban J connectivity index is 2.68. The molecule has 1 unspecified atom stereocenters. The van der Waals surface area contributed by atoms with Gasteiger partial charge in [0.25, 0.3) is 6.43 Å². The van der Waals surface area contributed by atoms with Crippen LogP contribution in [0.1, 0.15) is 11.9 Å². The Bertz CT molecular complexity index is 185. The van der Waals surface area contributed by atoms with E-state index in [1.165, 1.54) is 0 Å². The molecule has 0 radical (unpaired) electrons. The highest BCUT2D eigenvalue weighted by Gasteiger charge is 2.19. The topological polar surface area (TPSA) is 67.6 Å². The van der Waals surface area contributed by atoms with Crippen molar-refractivity contribution in [3.8, 4) is 0 Å². The van der Waals surface area contributed by atoms with Gasteiger partial charge in [-0.3, -0.25) is 5.10 Å². The van der Waals surface area contributed by atoms with Crippen molar-refractivity contribution in [2.75, 3.05) is 0 Å². The van der Waals surface area contributed by atoms with E-state index in [9.17, 15) is 8.78 Å². The number of hydrogen-bond acceptors (Lipinski definition) is 3. The molecule has 1 aromatic rings. The first-order chi connectivity index (χ1) is 4.72. The summed E-state index contributed by atoms with van der Waals surface area (Å²) in [4.78, 5) is 3.47. The van der Waals surface area contributed by atoms with Crippen LogP contribution < -0.4 is 5.73 Å². The molecule has 0 aromatic carbocycles. The largest absolute Gasteiger partial charge is 0.317 e. The van der Waals surface area contributed by atoms with Crippen LogP contribution in [0.15, 0.2) is 6.33 Å². The van der Waals surface area contributed by atoms with Gasteiger partial charge in [-0.1, -0.05) is 0 Å². The first-order valence-corrected chi connectivity index (χ1v) is 2.61. The predicted molar refractivity (Wildman–Crippen MR) is 29.3 cm³/mol. The molecule has 1 heterocycles. The normalized spacial score (nSPS) is 14.0. The van der Waals surface area contributed by atoms with Gasteiger partial charge in [0.2, 0.25) is 0 Å². The Hall–Kier alpha value is -1.04. The van der Waals surface area contributed by atoms with Gasteiger partial charge in [-0.15, -0.1) is 0 Å². The van der Waals surface area contributed by atoms with Crippen molar-refractivity contribution in [2.24, 2.45) is 5.73 Å². The average Bonchev–Trinajstić information content (AvgIpc) is 2.36. The first kappa shape index (κ1) is 7.07. The van der Waals surface area contributed by atoms with Gasteiger partial charge in [-0.25, -0.2) is 13.8 Å². The summed E-state index contributed by atoms with van der Waals surface area (Å²) < 4.78 is 23.6. The molecule has 1 rings (SSSR count). The van der Waals surface area contributed by atoms with Crippen molar-refractivity contribution >= 4 is 0 Å². The van der Waals surface area contributed by atoms with E-state index >= 15 is 0 Å². The third-order valence-electron chi connectivity index (χ3n) is 1.02. The third kappa shape index (κ3) is 1.27. The summed E-state index contributed by atoms with van der Waals surface area (Å²) in [5.41, 5.74) is 5.00. The molecule has 0 bridgehead atoms. The van der Waals surface area contributed by atoms with Crippen LogP contribution in [0.4, 0.5) is 8.78 Å². The number of nitrogens with two attached hydrogens (primary N) is 1. The van der Waals surface area contributed by atoms with Gasteiger partial charge in [0.15, 0.2) is 0 Å². The maximum atomic E-state index is 11.8. The molecule has 4 nitrogen and oxygen atoms in total. The quantitative estimate of drug-likeness (QED) is 0.623. The standard InChI is InChI=1S/C4H6F2N4/c5-3(6)2(7)4-8-1-9-10-4/h1-3H,7H2,(H,8,9,10). The summed E-state index contributed by atoms with van der Waals surface area (Å²) in [5.74, 6) is 0.00926. The van der Waals surface area contributed by atoms with E-state index < -0.39 is 12.5 Å². The minimum Gasteiger partial charge on any atom is -0.317 e. The molecule has 3 N–H and O–H groups in total. The number of aromatic nitrogens is 3. The van der Waals surface area contributed by atoms with E-state index in [2.05, 4.69) is 15.2 Å². The number of nitrogens with zero attached hydrogens (tertiary/aromatic N) is 2. The Morgan fingerprint density at radius 3 is 2.70 bits per heavy atom. The molecular weight excluding hydrogens is 142 g/mol. The zero-order chi connectivity index (χ0) is 7.56. The van der Waals surface area contributed by atoms with Crippen LogP contribution in [0, 0.1) is 0 Å². The average molecular weight is 148 g/mol. The molecule has 1 atom stereocenters. The summed E-state index contributed by atoms with van der Waals surface area (Å²) in [7, 11) is 0. The second kappa shape index (κ2) is 2.70. The molecule has 6 heteroatoms. The Morgan fingerprint density at radius 1 is 1.60 bits per heavy atom. The van der Waals surface area contributed by atoms with Crippen LogP contribution in [0.25, 0.3) is 0 Å². The minimum atomic E-state index is -2.60. The molecule has 0 aliphatic carbocycles. The predicted octanol–water partition coefficient (Wildman–Crippen LogP) is 0.0696. The van der Waals surface area contributed by atoms with Crippen molar-refractivity contribution in [2.45, 2.75) is 12.5 Å². The van der Waals surface area contributed by atoms with Crippen molar-refractivity contribution in [1.82, 2.24) is 15.2 Å². The summed E-state index contributed by atoms with van der Waals surface area (Å²) in [6.07, 6.45) is -1.47. The summed E-state index contributed by atoms with van der Waals surface area (Å²) in [6.45, 7) is 0. The van der Waals surface area contributed by atoms with Crippen molar-refractivity contribution in [3.63, 3.8) is 0 Å². The molecule has 0 saturated heterocycles. The van der Waals surface area contributed by atoms with Gasteiger partial charge in [0.1, 0.15) is 18.2 Å². The van der Waals surface area contributed by atoms with Gasteiger partial charge in [-0.2, -0.15) is 5.10 Å². The molecular formula is C4H6F2N4. The first-order valence-electron chi connectivity index (χ1n) is 2.61. The van der Waals surface area contributed by atoms with E-state index in [1.54, 1.807) is 0 Å². The van der Waals surface area contributed by atoms with E-state index in [-0.39, 0.29) is 5.82 Å². The zero-order valence-corrected chi connectivity index (χ0v) is 4.96. The Kier molecular flexibility index (Phi) is 1.91. The van der Waals surface area contributed by atoms with Crippen LogP contribution in [0.5, 0.6) is 0 Å². The van der Waals surface area contributed by atoms with E-state index in [0.717, 1.165) is 6.33 Å². The molecule has 0 aliphatic heterocycles. The summed E-state index contributed by atoms with van der Waals surface area (Å²) in [6, 6.07) is -1.36. The monoisotopic (exact) mass is 148 g/mol. The number of nitrogens with one attached hydrogen (secondary N) is 1. The number of alkyl halides is 2. The lowest BCUT2D eigenvalue weighted by Gasteiger charge is -2.04. The third-order valence-corrected chi connectivity index (χ3v) is 1.02. The van der Waals surface area contributed by atoms with Gasteiger partial charge in [0.05, 0.1) is 0 Å². The molecule has 0 fully saturated rings. The van der Waals surface area contributed by atoms with Gasteiger partial charge in [0, 0.05) is 0 Å². The summed E-state index contributed by atoms with van der Waals surface area (Å²) in [5, 5.41) is 5.63. The zero-order valence-electron chi connectivity index (χ0n) is 4.96. The second-order valence-corrected chi connectivity index (χ2v) is 1.73. The van der Waals surface area contributed by atoms with E-state index in [0.29, 0.717) is 0 Å². The number of rotatable bonds is 2. The maximum absolute atomic E-state index is 11.8. The maximum Gasteiger partial charge on any atom is 0.260 e. The Labute approximate surface area is 55.4 Å². The molecule has 0 aliphatic rings. The fraction of sp³-hybridized carbons (Fsp3) is 0.500. The number of H-pyrrole nitrogens is 1. The lowest BCUT2D eigenvalue weighted by atomic mass is 10.3. The van der Waals surface area contributed by atoms with E-state index in [1.807, 2.05) is 0 Å². The second-order valence-electron chi connectivity index (χ2n) is 1.73. The minimum absolute atomic E-state index is 0.00926. The van der Waals surface area contributed by atoms with Crippen molar-refractivity contribution in [1.29, 1.82) is 0 Å². The molecule has 0 spiro atoms. The fourth-order valence-corrected chi connectivity index (χ4v) is 0.495. The van der Waals surface area contributed by atoms with E-state index in [4.69, 9.17) is 5.73 Å².